The Morgan fingerprint density at radius 2 is 1.86 bits per heavy atom. The van der Waals surface area contributed by atoms with E-state index in [-0.39, 0.29) is 5.91 Å². The van der Waals surface area contributed by atoms with Crippen LogP contribution in [0.25, 0.3) is 0 Å². The standard InChI is InChI=1S/C17H20N2OS/c1-3-13-10-14(12-16(11-13)21-4-2)17(20)19-18-15-8-6-5-7-9-15/h5-12,18H,3-4H2,1-2H3,(H,19,20). The summed E-state index contributed by atoms with van der Waals surface area (Å²) in [6.45, 7) is 4.21. The number of hydrazine groups is 1. The maximum Gasteiger partial charge on any atom is 0.269 e. The molecular formula is C17H20N2OS. The second-order valence-corrected chi connectivity index (χ2v) is 5.93. The number of thioether (sulfide) groups is 1. The van der Waals surface area contributed by atoms with Crippen molar-refractivity contribution in [1.29, 1.82) is 0 Å². The van der Waals surface area contributed by atoms with E-state index < -0.39 is 0 Å². The molecule has 0 saturated carbocycles. The fourth-order valence-electron chi connectivity index (χ4n) is 1.97. The van der Waals surface area contributed by atoms with Gasteiger partial charge < -0.3 is 0 Å². The molecule has 21 heavy (non-hydrogen) atoms. The van der Waals surface area contributed by atoms with Crippen molar-refractivity contribution in [1.82, 2.24) is 5.43 Å². The van der Waals surface area contributed by atoms with Crippen LogP contribution in [0, 0.1) is 0 Å². The van der Waals surface area contributed by atoms with Gasteiger partial charge in [0.05, 0.1) is 5.69 Å². The average molecular weight is 300 g/mol. The molecule has 0 spiro atoms. The third-order valence-corrected chi connectivity index (χ3v) is 3.90. The van der Waals surface area contributed by atoms with Gasteiger partial charge in [-0.05, 0) is 48.1 Å². The maximum atomic E-state index is 12.3. The van der Waals surface area contributed by atoms with Gasteiger partial charge in [0, 0.05) is 10.5 Å². The number of rotatable bonds is 6. The second kappa shape index (κ2) is 7.74. The van der Waals surface area contributed by atoms with Gasteiger partial charge in [-0.25, -0.2) is 0 Å². The van der Waals surface area contributed by atoms with Crippen molar-refractivity contribution in [2.75, 3.05) is 11.2 Å². The van der Waals surface area contributed by atoms with Crippen molar-refractivity contribution in [2.24, 2.45) is 0 Å². The summed E-state index contributed by atoms with van der Waals surface area (Å²) in [5.41, 5.74) is 8.39. The summed E-state index contributed by atoms with van der Waals surface area (Å²) in [4.78, 5) is 13.4. The molecule has 0 aliphatic rings. The zero-order chi connectivity index (χ0) is 15.1. The molecule has 0 aromatic heterocycles. The molecule has 0 bridgehead atoms. The summed E-state index contributed by atoms with van der Waals surface area (Å²) < 4.78 is 0. The number of nitrogens with one attached hydrogen (secondary N) is 2. The number of para-hydroxylation sites is 1. The number of aryl methyl sites for hydroxylation is 1. The summed E-state index contributed by atoms with van der Waals surface area (Å²) in [6, 6.07) is 15.6. The molecule has 0 aliphatic carbocycles. The van der Waals surface area contributed by atoms with E-state index in [0.29, 0.717) is 5.56 Å². The lowest BCUT2D eigenvalue weighted by Crippen LogP contribution is -2.29. The normalized spacial score (nSPS) is 10.2. The zero-order valence-corrected chi connectivity index (χ0v) is 13.2. The van der Waals surface area contributed by atoms with Crippen LogP contribution in [0.1, 0.15) is 29.8 Å². The molecule has 2 aromatic carbocycles. The molecule has 0 heterocycles. The summed E-state index contributed by atoms with van der Waals surface area (Å²) in [7, 11) is 0. The van der Waals surface area contributed by atoms with Gasteiger partial charge in [0.2, 0.25) is 0 Å². The van der Waals surface area contributed by atoms with Gasteiger partial charge in [0.1, 0.15) is 0 Å². The van der Waals surface area contributed by atoms with Crippen LogP contribution in [0.5, 0.6) is 0 Å². The van der Waals surface area contributed by atoms with Gasteiger partial charge in [0.15, 0.2) is 0 Å². The zero-order valence-electron chi connectivity index (χ0n) is 12.3. The SMILES string of the molecule is CCSc1cc(CC)cc(C(=O)NNc2ccccc2)c1. The van der Waals surface area contributed by atoms with Crippen molar-refractivity contribution in [2.45, 2.75) is 25.2 Å². The van der Waals surface area contributed by atoms with Crippen LogP contribution >= 0.6 is 11.8 Å². The van der Waals surface area contributed by atoms with Gasteiger partial charge in [-0.1, -0.05) is 32.0 Å². The van der Waals surface area contributed by atoms with Crippen LogP contribution in [-0.2, 0) is 6.42 Å². The van der Waals surface area contributed by atoms with Crippen LogP contribution < -0.4 is 10.9 Å². The molecule has 0 radical (unpaired) electrons. The summed E-state index contributed by atoms with van der Waals surface area (Å²) in [5, 5.41) is 0. The molecule has 0 fully saturated rings. The third kappa shape index (κ3) is 4.53. The topological polar surface area (TPSA) is 41.1 Å². The molecular weight excluding hydrogens is 280 g/mol. The molecule has 4 heteroatoms. The van der Waals surface area contributed by atoms with Crippen molar-refractivity contribution in [3.8, 4) is 0 Å². The third-order valence-electron chi connectivity index (χ3n) is 3.04. The van der Waals surface area contributed by atoms with Crippen molar-refractivity contribution >= 4 is 23.4 Å². The smallest absolute Gasteiger partial charge is 0.269 e. The Balaban J connectivity index is 2.09. The minimum Gasteiger partial charge on any atom is -0.298 e. The Hall–Kier alpha value is -1.94. The monoisotopic (exact) mass is 300 g/mol. The van der Waals surface area contributed by atoms with Crippen molar-refractivity contribution in [3.05, 3.63) is 59.7 Å². The Morgan fingerprint density at radius 1 is 1.10 bits per heavy atom. The first-order valence-corrected chi connectivity index (χ1v) is 8.09. The van der Waals surface area contributed by atoms with Gasteiger partial charge in [-0.3, -0.25) is 15.6 Å². The number of benzene rings is 2. The van der Waals surface area contributed by atoms with E-state index in [1.54, 1.807) is 11.8 Å². The number of hydrogen-bond donors (Lipinski definition) is 2. The lowest BCUT2D eigenvalue weighted by Gasteiger charge is -2.10. The van der Waals surface area contributed by atoms with E-state index in [2.05, 4.69) is 30.8 Å². The predicted octanol–water partition coefficient (Wildman–Crippen LogP) is 4.12. The molecule has 110 valence electrons. The van der Waals surface area contributed by atoms with Gasteiger partial charge in [-0.15, -0.1) is 11.8 Å². The minimum atomic E-state index is -0.118. The van der Waals surface area contributed by atoms with Crippen molar-refractivity contribution < 1.29 is 4.79 Å². The van der Waals surface area contributed by atoms with E-state index >= 15 is 0 Å². The number of anilines is 1. The highest BCUT2D eigenvalue weighted by atomic mass is 32.2. The highest BCUT2D eigenvalue weighted by Gasteiger charge is 2.08. The number of carbonyl (C=O) groups excluding carboxylic acids is 1. The van der Waals surface area contributed by atoms with E-state index in [0.717, 1.165) is 22.8 Å². The number of amides is 1. The van der Waals surface area contributed by atoms with Gasteiger partial charge in [0.25, 0.3) is 5.91 Å². The first-order valence-electron chi connectivity index (χ1n) is 7.11. The highest BCUT2D eigenvalue weighted by Crippen LogP contribution is 2.21. The van der Waals surface area contributed by atoms with E-state index in [4.69, 9.17) is 0 Å². The lowest BCUT2D eigenvalue weighted by atomic mass is 10.1. The fourth-order valence-corrected chi connectivity index (χ4v) is 2.75. The molecule has 0 atom stereocenters. The van der Waals surface area contributed by atoms with Crippen LogP contribution in [-0.4, -0.2) is 11.7 Å². The highest BCUT2D eigenvalue weighted by molar-refractivity contribution is 7.99. The molecule has 2 aromatic rings. The molecule has 0 aliphatic heterocycles. The molecule has 2 rings (SSSR count). The lowest BCUT2D eigenvalue weighted by molar-refractivity contribution is 0.0962. The first-order chi connectivity index (χ1) is 10.2. The predicted molar refractivity (Wildman–Crippen MR) is 89.7 cm³/mol. The summed E-state index contributed by atoms with van der Waals surface area (Å²) >= 11 is 1.75. The van der Waals surface area contributed by atoms with Crippen LogP contribution in [0.15, 0.2) is 53.4 Å². The summed E-state index contributed by atoms with van der Waals surface area (Å²) in [5.74, 6) is 0.878. The summed E-state index contributed by atoms with van der Waals surface area (Å²) in [6.07, 6.45) is 0.921. The Labute approximate surface area is 130 Å². The van der Waals surface area contributed by atoms with Crippen LogP contribution in [0.3, 0.4) is 0 Å². The van der Waals surface area contributed by atoms with Crippen LogP contribution in [0.4, 0.5) is 5.69 Å². The molecule has 0 saturated heterocycles. The second-order valence-electron chi connectivity index (χ2n) is 4.60. The maximum absolute atomic E-state index is 12.3. The molecule has 0 unspecified atom stereocenters. The van der Waals surface area contributed by atoms with Gasteiger partial charge >= 0.3 is 0 Å². The quantitative estimate of drug-likeness (QED) is 0.623. The largest absolute Gasteiger partial charge is 0.298 e. The first kappa shape index (κ1) is 15.4. The van der Waals surface area contributed by atoms with Crippen molar-refractivity contribution in [3.63, 3.8) is 0 Å². The fraction of sp³-hybridized carbons (Fsp3) is 0.235. The van der Waals surface area contributed by atoms with Crippen LogP contribution in [0.2, 0.25) is 0 Å². The Morgan fingerprint density at radius 3 is 2.52 bits per heavy atom. The molecule has 1 amide bonds. The van der Waals surface area contributed by atoms with E-state index in [1.807, 2.05) is 42.5 Å². The Kier molecular flexibility index (Phi) is 5.69. The van der Waals surface area contributed by atoms with E-state index in [9.17, 15) is 4.79 Å². The van der Waals surface area contributed by atoms with Gasteiger partial charge in [-0.2, -0.15) is 0 Å². The molecule has 3 nitrogen and oxygen atoms in total. The minimum absolute atomic E-state index is 0.118. The number of carbonyl (C=O) groups is 1. The Bertz CT molecular complexity index is 599. The molecule has 2 N–H and O–H groups in total. The average Bonchev–Trinajstić information content (AvgIpc) is 2.53. The number of hydrogen-bond acceptors (Lipinski definition) is 3. The van der Waals surface area contributed by atoms with E-state index in [1.165, 1.54) is 5.56 Å².